The summed E-state index contributed by atoms with van der Waals surface area (Å²) in [5, 5.41) is 11.1. The molecule has 0 aromatic heterocycles. The fourth-order valence-electron chi connectivity index (χ4n) is 1.25. The third kappa shape index (κ3) is 5.92. The van der Waals surface area contributed by atoms with Crippen LogP contribution < -0.4 is 10.1 Å². The van der Waals surface area contributed by atoms with E-state index in [0.29, 0.717) is 15.9 Å². The van der Waals surface area contributed by atoms with Gasteiger partial charge in [-0.1, -0.05) is 0 Å². The number of benzene rings is 1. The second-order valence-corrected chi connectivity index (χ2v) is 5.81. The summed E-state index contributed by atoms with van der Waals surface area (Å²) in [6, 6.07) is 4.74. The molecular weight excluding hydrogens is 330 g/mol. The van der Waals surface area contributed by atoms with Gasteiger partial charge in [-0.2, -0.15) is 0 Å². The molecule has 0 saturated heterocycles. The van der Waals surface area contributed by atoms with E-state index in [4.69, 9.17) is 14.6 Å². The summed E-state index contributed by atoms with van der Waals surface area (Å²) < 4.78 is 10.8. The third-order valence-electron chi connectivity index (χ3n) is 1.94. The Bertz CT molecular complexity index is 510. The molecule has 0 radical (unpaired) electrons. The van der Waals surface area contributed by atoms with Crippen LogP contribution in [0.2, 0.25) is 0 Å². The number of hydrogen-bond donors (Lipinski definition) is 2. The van der Waals surface area contributed by atoms with Crippen LogP contribution in [0.3, 0.4) is 0 Å². The minimum atomic E-state index is -1.07. The zero-order chi connectivity index (χ0) is 15.3. The van der Waals surface area contributed by atoms with Gasteiger partial charge >= 0.3 is 12.1 Å². The van der Waals surface area contributed by atoms with E-state index in [1.807, 2.05) is 0 Å². The average Bonchev–Trinajstić information content (AvgIpc) is 2.27. The first-order valence-electron chi connectivity index (χ1n) is 5.81. The summed E-state index contributed by atoms with van der Waals surface area (Å²) in [6.45, 7) is 4.82. The van der Waals surface area contributed by atoms with Crippen LogP contribution in [-0.4, -0.2) is 29.4 Å². The van der Waals surface area contributed by atoms with E-state index in [9.17, 15) is 9.59 Å². The van der Waals surface area contributed by atoms with E-state index in [-0.39, 0.29) is 0 Å². The summed E-state index contributed by atoms with van der Waals surface area (Å²) in [5.74, 6) is -0.740. The fourth-order valence-corrected chi connectivity index (χ4v) is 1.59. The van der Waals surface area contributed by atoms with E-state index in [1.165, 1.54) is 6.07 Å². The molecule has 1 aromatic carbocycles. The summed E-state index contributed by atoms with van der Waals surface area (Å²) >= 11 is 3.28. The second-order valence-electron chi connectivity index (χ2n) is 4.95. The van der Waals surface area contributed by atoms with Crippen LogP contribution in [0.5, 0.6) is 5.75 Å². The van der Waals surface area contributed by atoms with Gasteiger partial charge in [0, 0.05) is 10.5 Å². The smallest absolute Gasteiger partial charge is 0.412 e. The molecule has 0 saturated carbocycles. The monoisotopic (exact) mass is 345 g/mol. The number of rotatable bonds is 4. The molecule has 1 rings (SSSR count). The van der Waals surface area contributed by atoms with E-state index in [2.05, 4.69) is 21.2 Å². The van der Waals surface area contributed by atoms with Crippen molar-refractivity contribution in [2.24, 2.45) is 0 Å². The Morgan fingerprint density at radius 1 is 1.35 bits per heavy atom. The molecule has 2 N–H and O–H groups in total. The lowest BCUT2D eigenvalue weighted by molar-refractivity contribution is -0.139. The van der Waals surface area contributed by atoms with Gasteiger partial charge in [-0.25, -0.2) is 9.59 Å². The minimum absolute atomic E-state index is 0.335. The van der Waals surface area contributed by atoms with Crippen LogP contribution in [0.15, 0.2) is 22.7 Å². The van der Waals surface area contributed by atoms with Gasteiger partial charge in [-0.15, -0.1) is 0 Å². The minimum Gasteiger partial charge on any atom is -0.482 e. The molecule has 0 heterocycles. The molecule has 110 valence electrons. The number of carbonyl (C=O) groups is 2. The SMILES string of the molecule is CC(C)(C)OC(=O)Nc1cc(OCC(=O)O)ccc1Br. The first-order chi connectivity index (χ1) is 9.17. The molecule has 1 aromatic rings. The maximum atomic E-state index is 11.7. The summed E-state index contributed by atoms with van der Waals surface area (Å²) in [7, 11) is 0. The predicted molar refractivity (Wildman–Crippen MR) is 77.1 cm³/mol. The quantitative estimate of drug-likeness (QED) is 0.874. The van der Waals surface area contributed by atoms with Crippen molar-refractivity contribution in [2.75, 3.05) is 11.9 Å². The van der Waals surface area contributed by atoms with E-state index in [0.717, 1.165) is 0 Å². The highest BCUT2D eigenvalue weighted by atomic mass is 79.9. The van der Waals surface area contributed by atoms with Crippen LogP contribution in [0.25, 0.3) is 0 Å². The topological polar surface area (TPSA) is 84.9 Å². The number of hydrogen-bond acceptors (Lipinski definition) is 4. The van der Waals surface area contributed by atoms with Gasteiger partial charge < -0.3 is 14.6 Å². The molecule has 0 spiro atoms. The number of aliphatic carboxylic acids is 1. The lowest BCUT2D eigenvalue weighted by Gasteiger charge is -2.20. The van der Waals surface area contributed by atoms with E-state index in [1.54, 1.807) is 32.9 Å². The second kappa shape index (κ2) is 6.60. The van der Waals surface area contributed by atoms with Gasteiger partial charge in [0.25, 0.3) is 0 Å². The number of amides is 1. The molecule has 0 fully saturated rings. The highest BCUT2D eigenvalue weighted by Crippen LogP contribution is 2.27. The van der Waals surface area contributed by atoms with Crippen molar-refractivity contribution in [2.45, 2.75) is 26.4 Å². The number of anilines is 1. The van der Waals surface area contributed by atoms with Crippen molar-refractivity contribution in [3.8, 4) is 5.75 Å². The number of ether oxygens (including phenoxy) is 2. The standard InChI is InChI=1S/C13H16BrNO5/c1-13(2,3)20-12(18)15-10-6-8(4-5-9(10)14)19-7-11(16)17/h4-6H,7H2,1-3H3,(H,15,18)(H,16,17). The Morgan fingerprint density at radius 2 is 2.00 bits per heavy atom. The van der Waals surface area contributed by atoms with Crippen molar-refractivity contribution in [1.82, 2.24) is 0 Å². The number of halogens is 1. The van der Waals surface area contributed by atoms with Crippen LogP contribution in [0, 0.1) is 0 Å². The third-order valence-corrected chi connectivity index (χ3v) is 2.63. The van der Waals surface area contributed by atoms with Crippen LogP contribution in [0.4, 0.5) is 10.5 Å². The fraction of sp³-hybridized carbons (Fsp3) is 0.385. The number of nitrogens with one attached hydrogen (secondary N) is 1. The van der Waals surface area contributed by atoms with Crippen molar-refractivity contribution < 1.29 is 24.2 Å². The van der Waals surface area contributed by atoms with E-state index < -0.39 is 24.3 Å². The summed E-state index contributed by atoms with van der Waals surface area (Å²) in [5.41, 5.74) is -0.171. The van der Waals surface area contributed by atoms with Crippen molar-refractivity contribution in [3.05, 3.63) is 22.7 Å². The number of carboxylic acids is 1. The van der Waals surface area contributed by atoms with Crippen molar-refractivity contribution >= 4 is 33.7 Å². The van der Waals surface area contributed by atoms with E-state index >= 15 is 0 Å². The molecule has 0 unspecified atom stereocenters. The zero-order valence-corrected chi connectivity index (χ0v) is 13.0. The number of carbonyl (C=O) groups excluding carboxylic acids is 1. The first kappa shape index (κ1) is 16.3. The van der Waals surface area contributed by atoms with Gasteiger partial charge in [0.1, 0.15) is 11.4 Å². The molecule has 0 aliphatic heterocycles. The molecule has 0 aliphatic rings. The highest BCUT2D eigenvalue weighted by Gasteiger charge is 2.17. The maximum absolute atomic E-state index is 11.7. The Morgan fingerprint density at radius 3 is 2.55 bits per heavy atom. The van der Waals surface area contributed by atoms with Crippen molar-refractivity contribution in [3.63, 3.8) is 0 Å². The Kier molecular flexibility index (Phi) is 5.38. The molecule has 7 heteroatoms. The molecule has 1 amide bonds. The summed E-state index contributed by atoms with van der Waals surface area (Å²) in [6.07, 6.45) is -0.603. The molecule has 6 nitrogen and oxygen atoms in total. The normalized spacial score (nSPS) is 10.8. The molecule has 0 atom stereocenters. The molecular formula is C13H16BrNO5. The summed E-state index contributed by atoms with van der Waals surface area (Å²) in [4.78, 5) is 22.1. The first-order valence-corrected chi connectivity index (χ1v) is 6.61. The average molecular weight is 346 g/mol. The van der Waals surface area contributed by atoms with Crippen LogP contribution in [0.1, 0.15) is 20.8 Å². The van der Waals surface area contributed by atoms with Crippen molar-refractivity contribution in [1.29, 1.82) is 0 Å². The van der Waals surface area contributed by atoms with Gasteiger partial charge in [-0.3, -0.25) is 5.32 Å². The van der Waals surface area contributed by atoms with Gasteiger partial charge in [0.2, 0.25) is 0 Å². The van der Waals surface area contributed by atoms with Crippen LogP contribution in [-0.2, 0) is 9.53 Å². The Balaban J connectivity index is 2.76. The van der Waals surface area contributed by atoms with Gasteiger partial charge in [-0.05, 0) is 48.8 Å². The maximum Gasteiger partial charge on any atom is 0.412 e. The van der Waals surface area contributed by atoms with Gasteiger partial charge in [0.15, 0.2) is 6.61 Å². The van der Waals surface area contributed by atoms with Gasteiger partial charge in [0.05, 0.1) is 5.69 Å². The Hall–Kier alpha value is -1.76. The predicted octanol–water partition coefficient (Wildman–Crippen LogP) is 3.26. The molecule has 20 heavy (non-hydrogen) atoms. The zero-order valence-electron chi connectivity index (χ0n) is 11.4. The lowest BCUT2D eigenvalue weighted by Crippen LogP contribution is -2.27. The largest absolute Gasteiger partial charge is 0.482 e. The lowest BCUT2D eigenvalue weighted by atomic mass is 10.2. The number of carboxylic acid groups (broad SMARTS) is 1. The van der Waals surface area contributed by atoms with Crippen LogP contribution >= 0.6 is 15.9 Å². The molecule has 0 bridgehead atoms. The molecule has 0 aliphatic carbocycles. The Labute approximate surface area is 125 Å². The highest BCUT2D eigenvalue weighted by molar-refractivity contribution is 9.10.